The molecule has 0 aromatic carbocycles. The van der Waals surface area contributed by atoms with E-state index < -0.39 is 0 Å². The zero-order valence-electron chi connectivity index (χ0n) is 9.34. The summed E-state index contributed by atoms with van der Waals surface area (Å²) in [5, 5.41) is 6.52. The van der Waals surface area contributed by atoms with Crippen LogP contribution in [0.4, 0.5) is 11.9 Å². The molecule has 90 valence electrons. The summed E-state index contributed by atoms with van der Waals surface area (Å²) in [6, 6.07) is 0.140. The minimum absolute atomic E-state index is 0.0704. The summed E-state index contributed by atoms with van der Waals surface area (Å²) >= 11 is 0. The fourth-order valence-corrected chi connectivity index (χ4v) is 1.11. The van der Waals surface area contributed by atoms with Crippen molar-refractivity contribution in [2.24, 2.45) is 0 Å². The Morgan fingerprint density at radius 2 is 2.12 bits per heavy atom. The van der Waals surface area contributed by atoms with E-state index in [1.54, 1.807) is 6.92 Å². The highest BCUT2D eigenvalue weighted by atomic mass is 16.5. The first-order valence-corrected chi connectivity index (χ1v) is 4.76. The number of hydrogen-bond donors (Lipinski definition) is 2. The number of ether oxygens (including phenoxy) is 1. The van der Waals surface area contributed by atoms with E-state index in [1.165, 1.54) is 7.11 Å². The van der Waals surface area contributed by atoms with Crippen molar-refractivity contribution in [3.05, 3.63) is 11.7 Å². The van der Waals surface area contributed by atoms with Crippen LogP contribution in [0.1, 0.15) is 11.7 Å². The smallest absolute Gasteiger partial charge is 0.322 e. The lowest BCUT2D eigenvalue weighted by Crippen LogP contribution is -2.08. The molecule has 0 amide bonds. The van der Waals surface area contributed by atoms with Gasteiger partial charge in [0.2, 0.25) is 17.8 Å². The molecular formula is C8H11N7O2. The monoisotopic (exact) mass is 237 g/mol. The highest BCUT2D eigenvalue weighted by molar-refractivity contribution is 5.32. The Labute approximate surface area is 96.4 Å². The number of anilines is 2. The molecule has 3 N–H and O–H groups in total. The lowest BCUT2D eigenvalue weighted by molar-refractivity contribution is 0.376. The SMILES string of the molecule is COc1nc(N)nc(NCc2nc(C)no2)n1. The Bertz CT molecular complexity index is 512. The third kappa shape index (κ3) is 2.77. The average Bonchev–Trinajstić information content (AvgIpc) is 2.72. The maximum Gasteiger partial charge on any atom is 0.322 e. The number of hydrogen-bond acceptors (Lipinski definition) is 9. The van der Waals surface area contributed by atoms with Crippen molar-refractivity contribution >= 4 is 11.9 Å². The molecule has 2 rings (SSSR count). The van der Waals surface area contributed by atoms with E-state index in [2.05, 4.69) is 30.4 Å². The molecule has 0 aliphatic heterocycles. The van der Waals surface area contributed by atoms with Crippen molar-refractivity contribution in [1.82, 2.24) is 25.1 Å². The van der Waals surface area contributed by atoms with Gasteiger partial charge >= 0.3 is 6.01 Å². The molecule has 0 saturated heterocycles. The molecule has 0 aliphatic rings. The third-order valence-electron chi connectivity index (χ3n) is 1.78. The van der Waals surface area contributed by atoms with Crippen molar-refractivity contribution < 1.29 is 9.26 Å². The van der Waals surface area contributed by atoms with Crippen LogP contribution >= 0.6 is 0 Å². The Kier molecular flexibility index (Phi) is 2.99. The largest absolute Gasteiger partial charge is 0.467 e. The van der Waals surface area contributed by atoms with Gasteiger partial charge in [0, 0.05) is 0 Å². The number of aryl methyl sites for hydroxylation is 1. The van der Waals surface area contributed by atoms with Crippen molar-refractivity contribution in [1.29, 1.82) is 0 Å². The summed E-state index contributed by atoms with van der Waals surface area (Å²) in [4.78, 5) is 15.6. The minimum Gasteiger partial charge on any atom is -0.467 e. The lowest BCUT2D eigenvalue weighted by Gasteiger charge is -2.03. The minimum atomic E-state index is 0.0704. The van der Waals surface area contributed by atoms with E-state index in [1.807, 2.05) is 0 Å². The lowest BCUT2D eigenvalue weighted by atomic mass is 10.6. The molecule has 0 atom stereocenters. The summed E-state index contributed by atoms with van der Waals surface area (Å²) in [6.07, 6.45) is 0. The number of aromatic nitrogens is 5. The Hall–Kier alpha value is -2.45. The third-order valence-corrected chi connectivity index (χ3v) is 1.78. The van der Waals surface area contributed by atoms with Gasteiger partial charge in [-0.1, -0.05) is 5.16 Å². The molecule has 0 unspecified atom stereocenters. The second-order valence-corrected chi connectivity index (χ2v) is 3.09. The molecule has 0 spiro atoms. The van der Waals surface area contributed by atoms with Gasteiger partial charge in [0.15, 0.2) is 5.82 Å². The number of rotatable bonds is 4. The molecule has 2 heterocycles. The summed E-state index contributed by atoms with van der Waals surface area (Å²) in [5.74, 6) is 1.35. The van der Waals surface area contributed by atoms with E-state index in [-0.39, 0.29) is 17.9 Å². The van der Waals surface area contributed by atoms with Crippen molar-refractivity contribution in [2.45, 2.75) is 13.5 Å². The molecule has 17 heavy (non-hydrogen) atoms. The molecule has 9 heteroatoms. The van der Waals surface area contributed by atoms with E-state index in [0.29, 0.717) is 18.3 Å². The van der Waals surface area contributed by atoms with Gasteiger partial charge in [-0.05, 0) is 6.92 Å². The van der Waals surface area contributed by atoms with E-state index >= 15 is 0 Å². The molecule has 0 radical (unpaired) electrons. The van der Waals surface area contributed by atoms with E-state index in [4.69, 9.17) is 15.0 Å². The van der Waals surface area contributed by atoms with Crippen LogP contribution in [0.15, 0.2) is 4.52 Å². The number of methoxy groups -OCH3 is 1. The molecular weight excluding hydrogens is 226 g/mol. The predicted molar refractivity (Wildman–Crippen MR) is 57.2 cm³/mol. The summed E-state index contributed by atoms with van der Waals surface area (Å²) in [5.41, 5.74) is 5.47. The number of nitrogens with two attached hydrogens (primary N) is 1. The first-order chi connectivity index (χ1) is 8.17. The Morgan fingerprint density at radius 3 is 2.76 bits per heavy atom. The quantitative estimate of drug-likeness (QED) is 0.741. The average molecular weight is 237 g/mol. The first-order valence-electron chi connectivity index (χ1n) is 4.76. The first kappa shape index (κ1) is 11.0. The number of nitrogens with zero attached hydrogens (tertiary/aromatic N) is 5. The molecule has 9 nitrogen and oxygen atoms in total. The zero-order valence-corrected chi connectivity index (χ0v) is 9.34. The predicted octanol–water partition coefficient (Wildman–Crippen LogP) is -0.234. The van der Waals surface area contributed by atoms with Gasteiger partial charge in [-0.25, -0.2) is 0 Å². The van der Waals surface area contributed by atoms with Crippen LogP contribution in [0.3, 0.4) is 0 Å². The maximum atomic E-state index is 5.47. The maximum absolute atomic E-state index is 5.47. The molecule has 0 bridgehead atoms. The van der Waals surface area contributed by atoms with Crippen molar-refractivity contribution in [3.63, 3.8) is 0 Å². The molecule has 2 aromatic heterocycles. The highest BCUT2D eigenvalue weighted by Crippen LogP contribution is 2.09. The van der Waals surface area contributed by atoms with Gasteiger partial charge in [-0.2, -0.15) is 19.9 Å². The van der Waals surface area contributed by atoms with Crippen molar-refractivity contribution in [2.75, 3.05) is 18.2 Å². The second-order valence-electron chi connectivity index (χ2n) is 3.09. The number of nitrogen functional groups attached to an aromatic ring is 1. The van der Waals surface area contributed by atoms with Gasteiger partial charge in [-0.15, -0.1) is 0 Å². The molecule has 0 fully saturated rings. The summed E-state index contributed by atoms with van der Waals surface area (Å²) in [7, 11) is 1.44. The highest BCUT2D eigenvalue weighted by Gasteiger charge is 2.06. The standard InChI is InChI=1S/C8H11N7O2/c1-4-11-5(17-15-4)3-10-7-12-6(9)13-8(14-7)16-2/h3H2,1-2H3,(H3,9,10,12,13,14). The van der Waals surface area contributed by atoms with Gasteiger partial charge in [0.1, 0.15) is 0 Å². The van der Waals surface area contributed by atoms with Crippen molar-refractivity contribution in [3.8, 4) is 6.01 Å². The van der Waals surface area contributed by atoms with Crippen LogP contribution in [0.25, 0.3) is 0 Å². The zero-order chi connectivity index (χ0) is 12.3. The normalized spacial score (nSPS) is 10.2. The summed E-state index contributed by atoms with van der Waals surface area (Å²) in [6.45, 7) is 2.03. The topological polar surface area (TPSA) is 125 Å². The van der Waals surface area contributed by atoms with Crippen LogP contribution in [0.2, 0.25) is 0 Å². The molecule has 2 aromatic rings. The van der Waals surface area contributed by atoms with Gasteiger partial charge in [-0.3, -0.25) is 0 Å². The van der Waals surface area contributed by atoms with Crippen LogP contribution in [-0.4, -0.2) is 32.2 Å². The molecule has 0 aliphatic carbocycles. The van der Waals surface area contributed by atoms with Gasteiger partial charge in [0.05, 0.1) is 13.7 Å². The van der Waals surface area contributed by atoms with Crippen LogP contribution in [-0.2, 0) is 6.54 Å². The van der Waals surface area contributed by atoms with Gasteiger partial charge in [0.25, 0.3) is 0 Å². The second kappa shape index (κ2) is 4.60. The van der Waals surface area contributed by atoms with Crippen LogP contribution in [0, 0.1) is 6.92 Å². The Morgan fingerprint density at radius 1 is 1.29 bits per heavy atom. The fraction of sp³-hybridized carbons (Fsp3) is 0.375. The van der Waals surface area contributed by atoms with Crippen LogP contribution in [0.5, 0.6) is 6.01 Å². The fourth-order valence-electron chi connectivity index (χ4n) is 1.11. The molecule has 0 saturated carbocycles. The summed E-state index contributed by atoms with van der Waals surface area (Å²) < 4.78 is 9.77. The van der Waals surface area contributed by atoms with Crippen LogP contribution < -0.4 is 15.8 Å². The van der Waals surface area contributed by atoms with E-state index in [9.17, 15) is 0 Å². The number of nitrogens with one attached hydrogen (secondary N) is 1. The van der Waals surface area contributed by atoms with Gasteiger partial charge < -0.3 is 20.3 Å². The Balaban J connectivity index is 2.05. The van der Waals surface area contributed by atoms with E-state index in [0.717, 1.165) is 0 Å².